The maximum atomic E-state index is 13.4. The van der Waals surface area contributed by atoms with Gasteiger partial charge in [0.2, 0.25) is 0 Å². The van der Waals surface area contributed by atoms with Crippen molar-refractivity contribution in [2.24, 2.45) is 5.73 Å². The summed E-state index contributed by atoms with van der Waals surface area (Å²) in [5.41, 5.74) is 5.87. The number of nitrogen functional groups attached to an aromatic ring is 1. The van der Waals surface area contributed by atoms with Crippen molar-refractivity contribution in [2.45, 2.75) is 6.61 Å². The Morgan fingerprint density at radius 1 is 1.16 bits per heavy atom. The highest BCUT2D eigenvalue weighted by Gasteiger charge is 2.09. The van der Waals surface area contributed by atoms with Gasteiger partial charge in [-0.15, -0.1) is 0 Å². The van der Waals surface area contributed by atoms with E-state index in [2.05, 4.69) is 0 Å². The van der Waals surface area contributed by atoms with Gasteiger partial charge in [-0.3, -0.25) is 5.41 Å². The van der Waals surface area contributed by atoms with Gasteiger partial charge in [0, 0.05) is 5.56 Å². The topological polar surface area (TPSA) is 59.1 Å². The molecule has 0 heterocycles. The summed E-state index contributed by atoms with van der Waals surface area (Å²) in [6.07, 6.45) is 0. The van der Waals surface area contributed by atoms with Gasteiger partial charge in [-0.1, -0.05) is 18.2 Å². The fourth-order valence-electron chi connectivity index (χ4n) is 1.61. The molecule has 0 spiro atoms. The Hall–Kier alpha value is -2.43. The summed E-state index contributed by atoms with van der Waals surface area (Å²) in [7, 11) is 0. The molecule has 0 bridgehead atoms. The van der Waals surface area contributed by atoms with E-state index in [0.717, 1.165) is 6.07 Å². The highest BCUT2D eigenvalue weighted by atomic mass is 19.1. The third-order valence-corrected chi connectivity index (χ3v) is 2.57. The van der Waals surface area contributed by atoms with E-state index < -0.39 is 5.82 Å². The van der Waals surface area contributed by atoms with Crippen molar-refractivity contribution in [3.63, 3.8) is 0 Å². The number of ether oxygens (including phenoxy) is 1. The zero-order chi connectivity index (χ0) is 13.8. The minimum absolute atomic E-state index is 0.0153. The van der Waals surface area contributed by atoms with Crippen LogP contribution in [0.15, 0.2) is 42.5 Å². The fraction of sp³-hybridized carbons (Fsp3) is 0.0714. The fourth-order valence-corrected chi connectivity index (χ4v) is 1.61. The molecule has 3 nitrogen and oxygen atoms in total. The van der Waals surface area contributed by atoms with Crippen LogP contribution in [-0.4, -0.2) is 5.84 Å². The Bertz CT molecular complexity index is 614. The van der Waals surface area contributed by atoms with E-state index in [0.29, 0.717) is 5.56 Å². The predicted octanol–water partition coefficient (Wildman–Crippen LogP) is 2.83. The number of amidine groups is 1. The first-order chi connectivity index (χ1) is 9.08. The van der Waals surface area contributed by atoms with Crippen LogP contribution >= 0.6 is 0 Å². The lowest BCUT2D eigenvalue weighted by Gasteiger charge is -2.11. The smallest absolute Gasteiger partial charge is 0.130 e. The number of hydrogen-bond acceptors (Lipinski definition) is 2. The Labute approximate surface area is 109 Å². The largest absolute Gasteiger partial charge is 0.488 e. The second-order valence-corrected chi connectivity index (χ2v) is 3.93. The summed E-state index contributed by atoms with van der Waals surface area (Å²) >= 11 is 0. The highest BCUT2D eigenvalue weighted by Crippen LogP contribution is 2.21. The molecule has 3 N–H and O–H groups in total. The lowest BCUT2D eigenvalue weighted by atomic mass is 10.1. The molecule has 0 fully saturated rings. The van der Waals surface area contributed by atoms with Crippen LogP contribution in [0.5, 0.6) is 5.75 Å². The van der Waals surface area contributed by atoms with E-state index in [1.807, 2.05) is 0 Å². The average molecular weight is 262 g/mol. The molecule has 0 aromatic heterocycles. The molecule has 0 unspecified atom stereocenters. The highest BCUT2D eigenvalue weighted by molar-refractivity contribution is 5.97. The third kappa shape index (κ3) is 3.07. The van der Waals surface area contributed by atoms with Crippen LogP contribution in [0, 0.1) is 17.0 Å². The van der Waals surface area contributed by atoms with Crippen molar-refractivity contribution >= 4 is 5.84 Å². The monoisotopic (exact) mass is 262 g/mol. The van der Waals surface area contributed by atoms with Gasteiger partial charge in [-0.05, 0) is 24.3 Å². The van der Waals surface area contributed by atoms with Crippen LogP contribution in [0.25, 0.3) is 0 Å². The number of nitrogens with two attached hydrogens (primary N) is 1. The van der Waals surface area contributed by atoms with Crippen LogP contribution in [0.4, 0.5) is 8.78 Å². The average Bonchev–Trinajstić information content (AvgIpc) is 2.38. The molecule has 2 aromatic rings. The van der Waals surface area contributed by atoms with Gasteiger partial charge in [0.1, 0.15) is 29.8 Å². The van der Waals surface area contributed by atoms with Crippen molar-refractivity contribution in [3.8, 4) is 5.75 Å². The zero-order valence-electron chi connectivity index (χ0n) is 9.99. The maximum absolute atomic E-state index is 13.4. The van der Waals surface area contributed by atoms with Gasteiger partial charge in [-0.2, -0.15) is 0 Å². The molecule has 0 atom stereocenters. The summed E-state index contributed by atoms with van der Waals surface area (Å²) < 4.78 is 31.9. The summed E-state index contributed by atoms with van der Waals surface area (Å²) in [6.45, 7) is -0.0153. The molecule has 0 aliphatic carbocycles. The van der Waals surface area contributed by atoms with Crippen LogP contribution in [-0.2, 0) is 6.61 Å². The van der Waals surface area contributed by atoms with Crippen molar-refractivity contribution in [1.82, 2.24) is 0 Å². The number of rotatable bonds is 4. The SMILES string of the molecule is N=C(N)c1cc(F)ccc1OCc1ccccc1F. The summed E-state index contributed by atoms with van der Waals surface area (Å²) in [6, 6.07) is 9.87. The van der Waals surface area contributed by atoms with Gasteiger partial charge in [0.05, 0.1) is 5.56 Å². The number of hydrogen-bond donors (Lipinski definition) is 2. The van der Waals surface area contributed by atoms with E-state index in [1.54, 1.807) is 18.2 Å². The molecule has 0 radical (unpaired) electrons. The van der Waals surface area contributed by atoms with Crippen molar-refractivity contribution in [1.29, 1.82) is 5.41 Å². The molecule has 0 amide bonds. The second-order valence-electron chi connectivity index (χ2n) is 3.93. The molecule has 0 saturated heterocycles. The number of benzene rings is 2. The molecular weight excluding hydrogens is 250 g/mol. The third-order valence-electron chi connectivity index (χ3n) is 2.57. The lowest BCUT2D eigenvalue weighted by Crippen LogP contribution is -2.13. The van der Waals surface area contributed by atoms with Crippen molar-refractivity contribution < 1.29 is 13.5 Å². The summed E-state index contributed by atoms with van der Waals surface area (Å²) in [5, 5.41) is 7.36. The van der Waals surface area contributed by atoms with E-state index in [4.69, 9.17) is 15.9 Å². The minimum Gasteiger partial charge on any atom is -0.488 e. The molecule has 0 aliphatic heterocycles. The number of halogens is 2. The van der Waals surface area contributed by atoms with Gasteiger partial charge >= 0.3 is 0 Å². The standard InChI is InChI=1S/C14H12F2N2O/c15-10-5-6-13(11(7-10)14(17)18)19-8-9-3-1-2-4-12(9)16/h1-7H,8H2,(H3,17,18). The molecule has 19 heavy (non-hydrogen) atoms. The van der Waals surface area contributed by atoms with Crippen LogP contribution in [0.2, 0.25) is 0 Å². The predicted molar refractivity (Wildman–Crippen MR) is 68.1 cm³/mol. The van der Waals surface area contributed by atoms with Crippen molar-refractivity contribution in [3.05, 3.63) is 65.2 Å². The Morgan fingerprint density at radius 3 is 2.58 bits per heavy atom. The van der Waals surface area contributed by atoms with E-state index in [1.165, 1.54) is 18.2 Å². The van der Waals surface area contributed by atoms with Gasteiger partial charge in [0.15, 0.2) is 0 Å². The van der Waals surface area contributed by atoms with Gasteiger partial charge < -0.3 is 10.5 Å². The Balaban J connectivity index is 2.20. The lowest BCUT2D eigenvalue weighted by molar-refractivity contribution is 0.299. The van der Waals surface area contributed by atoms with E-state index >= 15 is 0 Å². The van der Waals surface area contributed by atoms with Crippen LogP contribution in [0.1, 0.15) is 11.1 Å². The van der Waals surface area contributed by atoms with Gasteiger partial charge in [-0.25, -0.2) is 8.78 Å². The minimum atomic E-state index is -0.511. The molecule has 2 aromatic carbocycles. The van der Waals surface area contributed by atoms with Crippen LogP contribution in [0.3, 0.4) is 0 Å². The first-order valence-electron chi connectivity index (χ1n) is 5.58. The van der Waals surface area contributed by atoms with Gasteiger partial charge in [0.25, 0.3) is 0 Å². The summed E-state index contributed by atoms with van der Waals surface area (Å²) in [5.74, 6) is -0.947. The Kier molecular flexibility index (Phi) is 3.75. The maximum Gasteiger partial charge on any atom is 0.130 e. The normalized spacial score (nSPS) is 10.2. The molecule has 0 saturated carbocycles. The Morgan fingerprint density at radius 2 is 1.89 bits per heavy atom. The molecule has 0 aliphatic rings. The molecule has 98 valence electrons. The molecule has 5 heteroatoms. The van der Waals surface area contributed by atoms with E-state index in [9.17, 15) is 8.78 Å². The van der Waals surface area contributed by atoms with Crippen LogP contribution < -0.4 is 10.5 Å². The zero-order valence-corrected chi connectivity index (χ0v) is 9.99. The second kappa shape index (κ2) is 5.48. The number of nitrogens with one attached hydrogen (secondary N) is 1. The quantitative estimate of drug-likeness (QED) is 0.657. The summed E-state index contributed by atoms with van der Waals surface area (Å²) in [4.78, 5) is 0. The first-order valence-corrected chi connectivity index (χ1v) is 5.58. The van der Waals surface area contributed by atoms with E-state index in [-0.39, 0.29) is 29.6 Å². The first kappa shape index (κ1) is 13.0. The molecular formula is C14H12F2N2O. The van der Waals surface area contributed by atoms with Crippen molar-refractivity contribution in [2.75, 3.05) is 0 Å². The molecule has 2 rings (SSSR count).